The van der Waals surface area contributed by atoms with Gasteiger partial charge in [0.15, 0.2) is 0 Å². The van der Waals surface area contributed by atoms with Crippen LogP contribution >= 0.6 is 11.6 Å². The van der Waals surface area contributed by atoms with Crippen LogP contribution in [0.2, 0.25) is 5.02 Å². The van der Waals surface area contributed by atoms with Crippen molar-refractivity contribution < 1.29 is 4.74 Å². The Hall–Kier alpha value is -2.08. The Morgan fingerprint density at radius 2 is 2.39 bits per heavy atom. The Bertz CT molecular complexity index is 600. The number of ether oxygens (including phenoxy) is 1. The molecule has 0 spiro atoms. The summed E-state index contributed by atoms with van der Waals surface area (Å²) >= 11 is 5.83. The monoisotopic (exact) mass is 266 g/mol. The third-order valence-corrected chi connectivity index (χ3v) is 2.66. The summed E-state index contributed by atoms with van der Waals surface area (Å²) in [4.78, 5) is 15.2. The van der Waals surface area contributed by atoms with Crippen LogP contribution in [0.4, 0.5) is 5.69 Å². The third-order valence-electron chi connectivity index (χ3n) is 2.29. The maximum Gasteiger partial charge on any atom is 0.285 e. The van der Waals surface area contributed by atoms with E-state index in [9.17, 15) is 4.79 Å². The Labute approximate surface area is 108 Å². The molecule has 6 nitrogen and oxygen atoms in total. The Kier molecular flexibility index (Phi) is 3.78. The summed E-state index contributed by atoms with van der Waals surface area (Å²) in [5, 5.41) is 9.03. The molecular weight excluding hydrogens is 256 g/mol. The van der Waals surface area contributed by atoms with Gasteiger partial charge in [-0.15, -0.1) is 0 Å². The first-order valence-corrected chi connectivity index (χ1v) is 5.54. The highest BCUT2D eigenvalue weighted by Crippen LogP contribution is 2.16. The molecule has 18 heavy (non-hydrogen) atoms. The highest BCUT2D eigenvalue weighted by molar-refractivity contribution is 6.32. The standard InChI is InChI=1S/C11H11ClN4O2/c1-18-9-4-7(2-3-13-9)5-14-8-6-15-16-11(17)10(8)12/h2-4,6H,5H2,1H3,(H2,14,16,17). The molecule has 0 aliphatic rings. The normalized spacial score (nSPS) is 10.1. The van der Waals surface area contributed by atoms with Gasteiger partial charge in [0.25, 0.3) is 5.56 Å². The molecule has 2 heterocycles. The topological polar surface area (TPSA) is 79.9 Å². The molecule has 0 amide bonds. The largest absolute Gasteiger partial charge is 0.481 e. The summed E-state index contributed by atoms with van der Waals surface area (Å²) in [6, 6.07) is 3.63. The number of hydrogen-bond acceptors (Lipinski definition) is 5. The summed E-state index contributed by atoms with van der Waals surface area (Å²) in [6.07, 6.45) is 3.11. The van der Waals surface area contributed by atoms with Crippen LogP contribution in [0.5, 0.6) is 5.88 Å². The summed E-state index contributed by atoms with van der Waals surface area (Å²) in [6.45, 7) is 0.490. The summed E-state index contributed by atoms with van der Waals surface area (Å²) in [7, 11) is 1.55. The Morgan fingerprint density at radius 3 is 3.17 bits per heavy atom. The van der Waals surface area contributed by atoms with Crippen molar-refractivity contribution in [3.05, 3.63) is 45.5 Å². The molecule has 2 aromatic heterocycles. The molecule has 0 unspecified atom stereocenters. The lowest BCUT2D eigenvalue weighted by Gasteiger charge is -2.07. The zero-order valence-electron chi connectivity index (χ0n) is 9.61. The molecule has 2 rings (SSSR count). The highest BCUT2D eigenvalue weighted by Gasteiger charge is 2.04. The average Bonchev–Trinajstić information content (AvgIpc) is 2.41. The minimum Gasteiger partial charge on any atom is -0.481 e. The third kappa shape index (κ3) is 2.78. The number of hydrogen-bond donors (Lipinski definition) is 2. The van der Waals surface area contributed by atoms with E-state index < -0.39 is 5.56 Å². The maximum absolute atomic E-state index is 11.2. The van der Waals surface area contributed by atoms with Gasteiger partial charge in [0.05, 0.1) is 19.0 Å². The van der Waals surface area contributed by atoms with Crippen LogP contribution in [0.1, 0.15) is 5.56 Å². The lowest BCUT2D eigenvalue weighted by molar-refractivity contribution is 0.397. The van der Waals surface area contributed by atoms with Crippen molar-refractivity contribution in [1.29, 1.82) is 0 Å². The fourth-order valence-electron chi connectivity index (χ4n) is 1.38. The first-order chi connectivity index (χ1) is 8.70. The molecule has 0 atom stereocenters. The van der Waals surface area contributed by atoms with Gasteiger partial charge >= 0.3 is 0 Å². The number of aromatic nitrogens is 3. The Morgan fingerprint density at radius 1 is 1.56 bits per heavy atom. The quantitative estimate of drug-likeness (QED) is 0.875. The molecule has 0 saturated heterocycles. The second-order valence-corrected chi connectivity index (χ2v) is 3.86. The van der Waals surface area contributed by atoms with E-state index in [1.54, 1.807) is 19.4 Å². The van der Waals surface area contributed by atoms with E-state index in [1.807, 2.05) is 6.07 Å². The number of nitrogens with one attached hydrogen (secondary N) is 2. The maximum atomic E-state index is 11.2. The van der Waals surface area contributed by atoms with Crippen LogP contribution in [0.3, 0.4) is 0 Å². The van der Waals surface area contributed by atoms with Crippen molar-refractivity contribution in [2.24, 2.45) is 0 Å². The van der Waals surface area contributed by atoms with E-state index in [1.165, 1.54) is 6.20 Å². The van der Waals surface area contributed by atoms with Crippen LogP contribution in [0.15, 0.2) is 29.3 Å². The van der Waals surface area contributed by atoms with Gasteiger partial charge in [0.2, 0.25) is 5.88 Å². The van der Waals surface area contributed by atoms with Gasteiger partial charge in [0.1, 0.15) is 5.02 Å². The van der Waals surface area contributed by atoms with Crippen molar-refractivity contribution >= 4 is 17.3 Å². The lowest BCUT2D eigenvalue weighted by atomic mass is 10.2. The fraction of sp³-hybridized carbons (Fsp3) is 0.182. The van der Waals surface area contributed by atoms with Gasteiger partial charge in [-0.1, -0.05) is 11.6 Å². The number of halogens is 1. The number of anilines is 1. The van der Waals surface area contributed by atoms with Gasteiger partial charge in [0, 0.05) is 18.8 Å². The minimum atomic E-state index is -0.422. The zero-order chi connectivity index (χ0) is 13.0. The molecule has 2 aromatic rings. The van der Waals surface area contributed by atoms with E-state index in [0.717, 1.165) is 5.56 Å². The average molecular weight is 267 g/mol. The van der Waals surface area contributed by atoms with E-state index in [-0.39, 0.29) is 5.02 Å². The van der Waals surface area contributed by atoms with Gasteiger partial charge < -0.3 is 10.1 Å². The predicted octanol–water partition coefficient (Wildman–Crippen LogP) is 1.44. The second kappa shape index (κ2) is 5.50. The van der Waals surface area contributed by atoms with Crippen molar-refractivity contribution in [2.45, 2.75) is 6.54 Å². The molecule has 0 aliphatic heterocycles. The molecule has 0 aliphatic carbocycles. The number of H-pyrrole nitrogens is 1. The van der Waals surface area contributed by atoms with Crippen molar-refractivity contribution in [1.82, 2.24) is 15.2 Å². The van der Waals surface area contributed by atoms with Crippen LogP contribution in [0.25, 0.3) is 0 Å². The van der Waals surface area contributed by atoms with Gasteiger partial charge in [-0.3, -0.25) is 4.79 Å². The number of aromatic amines is 1. The fourth-order valence-corrected chi connectivity index (χ4v) is 1.53. The van der Waals surface area contributed by atoms with Crippen molar-refractivity contribution in [2.75, 3.05) is 12.4 Å². The summed E-state index contributed by atoms with van der Waals surface area (Å²) < 4.78 is 5.02. The number of pyridine rings is 1. The smallest absolute Gasteiger partial charge is 0.285 e. The van der Waals surface area contributed by atoms with E-state index in [2.05, 4.69) is 20.5 Å². The Balaban J connectivity index is 2.11. The molecular formula is C11H11ClN4O2. The minimum absolute atomic E-state index is 0.0889. The van der Waals surface area contributed by atoms with E-state index in [0.29, 0.717) is 18.1 Å². The zero-order valence-corrected chi connectivity index (χ0v) is 10.4. The predicted molar refractivity (Wildman–Crippen MR) is 68.0 cm³/mol. The number of methoxy groups -OCH3 is 1. The number of nitrogens with zero attached hydrogens (tertiary/aromatic N) is 2. The van der Waals surface area contributed by atoms with Crippen LogP contribution in [-0.4, -0.2) is 22.3 Å². The van der Waals surface area contributed by atoms with E-state index >= 15 is 0 Å². The molecule has 0 bridgehead atoms. The lowest BCUT2D eigenvalue weighted by Crippen LogP contribution is -2.11. The molecule has 0 saturated carbocycles. The molecule has 2 N–H and O–H groups in total. The van der Waals surface area contributed by atoms with Gasteiger partial charge in [-0.05, 0) is 11.6 Å². The highest BCUT2D eigenvalue weighted by atomic mass is 35.5. The van der Waals surface area contributed by atoms with Crippen molar-refractivity contribution in [3.8, 4) is 5.88 Å². The van der Waals surface area contributed by atoms with Gasteiger partial charge in [-0.25, -0.2) is 10.1 Å². The second-order valence-electron chi connectivity index (χ2n) is 3.49. The summed E-state index contributed by atoms with van der Waals surface area (Å²) in [5.41, 5.74) is 1.02. The van der Waals surface area contributed by atoms with Crippen LogP contribution in [0, 0.1) is 0 Å². The van der Waals surface area contributed by atoms with Crippen LogP contribution < -0.4 is 15.6 Å². The van der Waals surface area contributed by atoms with E-state index in [4.69, 9.17) is 16.3 Å². The summed E-state index contributed by atoms with van der Waals surface area (Å²) in [5.74, 6) is 0.532. The first kappa shape index (κ1) is 12.4. The molecule has 0 fully saturated rings. The number of rotatable bonds is 4. The molecule has 7 heteroatoms. The molecule has 0 radical (unpaired) electrons. The molecule has 94 valence electrons. The first-order valence-electron chi connectivity index (χ1n) is 5.16. The SMILES string of the molecule is COc1cc(CNc2cn[nH]c(=O)c2Cl)ccn1. The van der Waals surface area contributed by atoms with Crippen molar-refractivity contribution in [3.63, 3.8) is 0 Å². The molecule has 0 aromatic carbocycles. The van der Waals surface area contributed by atoms with Gasteiger partial charge in [-0.2, -0.15) is 5.10 Å². The van der Waals surface area contributed by atoms with Crippen LogP contribution in [-0.2, 0) is 6.54 Å².